The summed E-state index contributed by atoms with van der Waals surface area (Å²) in [6.45, 7) is 2.56. The van der Waals surface area contributed by atoms with Crippen molar-refractivity contribution in [3.8, 4) is 11.5 Å². The Kier molecular flexibility index (Phi) is 8.09. The number of piperidine rings is 1. The van der Waals surface area contributed by atoms with Gasteiger partial charge in [-0.05, 0) is 85.6 Å². The summed E-state index contributed by atoms with van der Waals surface area (Å²) in [4.78, 5) is 22.3. The lowest BCUT2D eigenvalue weighted by atomic mass is 9.93. The molecule has 5 nitrogen and oxygen atoms in total. The smallest absolute Gasteiger partial charge is 0.226 e. The van der Waals surface area contributed by atoms with Gasteiger partial charge in [0.25, 0.3) is 0 Å². The Labute approximate surface area is 223 Å². The van der Waals surface area contributed by atoms with Crippen molar-refractivity contribution in [1.82, 2.24) is 14.8 Å². The fourth-order valence-electron chi connectivity index (χ4n) is 5.07. The lowest BCUT2D eigenvalue weighted by Crippen LogP contribution is -2.42. The van der Waals surface area contributed by atoms with Gasteiger partial charge in [0.1, 0.15) is 17.3 Å². The standard InChI is InChI=1S/C32H32FN3O2/c1-35(31(30-9-5-6-20-34-30)25-12-14-27(33)15-13-25)32(37)26-18-21-36(22-19-26)23-24-10-16-29(17-11-24)38-28-7-3-2-4-8-28/h2-17,20,26,31H,18-19,21-23H2,1H3. The molecular weight excluding hydrogens is 477 g/mol. The molecule has 2 heterocycles. The molecule has 1 aliphatic heterocycles. The van der Waals surface area contributed by atoms with Crippen molar-refractivity contribution in [3.63, 3.8) is 0 Å². The van der Waals surface area contributed by atoms with Crippen LogP contribution in [0, 0.1) is 11.7 Å². The summed E-state index contributed by atoms with van der Waals surface area (Å²) >= 11 is 0. The molecule has 1 amide bonds. The van der Waals surface area contributed by atoms with E-state index < -0.39 is 0 Å². The van der Waals surface area contributed by atoms with Crippen LogP contribution in [0.3, 0.4) is 0 Å². The number of hydrogen-bond acceptors (Lipinski definition) is 4. The van der Waals surface area contributed by atoms with E-state index in [0.29, 0.717) is 0 Å². The van der Waals surface area contributed by atoms with Crippen LogP contribution < -0.4 is 4.74 Å². The van der Waals surface area contributed by atoms with Gasteiger partial charge in [-0.1, -0.05) is 48.5 Å². The highest BCUT2D eigenvalue weighted by molar-refractivity contribution is 5.79. The summed E-state index contributed by atoms with van der Waals surface area (Å²) in [5.41, 5.74) is 2.84. The number of benzene rings is 3. The number of aromatic nitrogens is 1. The summed E-state index contributed by atoms with van der Waals surface area (Å²) in [6, 6.07) is 29.6. The number of halogens is 1. The molecule has 0 radical (unpaired) electrons. The van der Waals surface area contributed by atoms with E-state index in [1.54, 1.807) is 23.2 Å². The van der Waals surface area contributed by atoms with E-state index in [-0.39, 0.29) is 23.7 Å². The van der Waals surface area contributed by atoms with Gasteiger partial charge in [0.15, 0.2) is 0 Å². The number of carbonyl (C=O) groups is 1. The number of likely N-dealkylation sites (tertiary alicyclic amines) is 1. The Balaban J connectivity index is 1.18. The Bertz CT molecular complexity index is 1310. The molecule has 1 fully saturated rings. The average Bonchev–Trinajstić information content (AvgIpc) is 2.96. The van der Waals surface area contributed by atoms with E-state index >= 15 is 0 Å². The number of carbonyl (C=O) groups excluding carboxylic acids is 1. The van der Waals surface area contributed by atoms with Gasteiger partial charge in [-0.3, -0.25) is 14.7 Å². The fourth-order valence-corrected chi connectivity index (χ4v) is 5.07. The van der Waals surface area contributed by atoms with Crippen LogP contribution in [0.2, 0.25) is 0 Å². The normalized spacial score (nSPS) is 15.1. The summed E-state index contributed by atoms with van der Waals surface area (Å²) < 4.78 is 19.5. The first-order chi connectivity index (χ1) is 18.6. The molecule has 0 N–H and O–H groups in total. The minimum Gasteiger partial charge on any atom is -0.457 e. The predicted octanol–water partition coefficient (Wildman–Crippen LogP) is 6.47. The Morgan fingerprint density at radius 2 is 1.58 bits per heavy atom. The second-order valence-corrected chi connectivity index (χ2v) is 9.77. The second-order valence-electron chi connectivity index (χ2n) is 9.77. The van der Waals surface area contributed by atoms with Crippen molar-refractivity contribution < 1.29 is 13.9 Å². The molecule has 4 aromatic rings. The zero-order valence-corrected chi connectivity index (χ0v) is 21.5. The maximum absolute atomic E-state index is 13.6. The van der Waals surface area contributed by atoms with Crippen LogP contribution in [0.1, 0.15) is 35.7 Å². The number of hydrogen-bond donors (Lipinski definition) is 0. The first-order valence-corrected chi connectivity index (χ1v) is 13.0. The molecule has 194 valence electrons. The lowest BCUT2D eigenvalue weighted by Gasteiger charge is -2.36. The van der Waals surface area contributed by atoms with Crippen molar-refractivity contribution in [2.45, 2.75) is 25.4 Å². The quantitative estimate of drug-likeness (QED) is 0.273. The minimum atomic E-state index is -0.362. The minimum absolute atomic E-state index is 0.0513. The number of nitrogens with zero attached hydrogens (tertiary/aromatic N) is 3. The number of para-hydroxylation sites is 1. The molecule has 0 saturated carbocycles. The van der Waals surface area contributed by atoms with E-state index in [0.717, 1.165) is 55.2 Å². The van der Waals surface area contributed by atoms with Crippen LogP contribution in [-0.4, -0.2) is 40.8 Å². The van der Waals surface area contributed by atoms with Gasteiger partial charge < -0.3 is 9.64 Å². The van der Waals surface area contributed by atoms with Crippen molar-refractivity contribution in [3.05, 3.63) is 126 Å². The monoisotopic (exact) mass is 509 g/mol. The molecular formula is C32H32FN3O2. The van der Waals surface area contributed by atoms with Crippen LogP contribution in [0.25, 0.3) is 0 Å². The van der Waals surface area contributed by atoms with Crippen LogP contribution in [0.5, 0.6) is 11.5 Å². The van der Waals surface area contributed by atoms with Gasteiger partial charge in [0, 0.05) is 25.7 Å². The maximum atomic E-state index is 13.6. The molecule has 0 bridgehead atoms. The Morgan fingerprint density at radius 1 is 0.921 bits per heavy atom. The number of pyridine rings is 1. The summed E-state index contributed by atoms with van der Waals surface area (Å²) in [5.74, 6) is 1.39. The molecule has 0 spiro atoms. The van der Waals surface area contributed by atoms with Crippen LogP contribution in [-0.2, 0) is 11.3 Å². The molecule has 1 aliphatic rings. The molecule has 1 aromatic heterocycles. The average molecular weight is 510 g/mol. The topological polar surface area (TPSA) is 45.7 Å². The number of rotatable bonds is 8. The first kappa shape index (κ1) is 25.6. The molecule has 5 rings (SSSR count). The van der Waals surface area contributed by atoms with Crippen molar-refractivity contribution in [2.24, 2.45) is 5.92 Å². The second kappa shape index (κ2) is 12.0. The van der Waals surface area contributed by atoms with Crippen molar-refractivity contribution in [2.75, 3.05) is 20.1 Å². The van der Waals surface area contributed by atoms with Crippen LogP contribution >= 0.6 is 0 Å². The summed E-state index contributed by atoms with van der Waals surface area (Å²) in [7, 11) is 1.83. The molecule has 1 atom stereocenters. The number of ether oxygens (including phenoxy) is 1. The molecule has 1 unspecified atom stereocenters. The van der Waals surface area contributed by atoms with Gasteiger partial charge in [0.05, 0.1) is 11.7 Å². The van der Waals surface area contributed by atoms with Crippen molar-refractivity contribution in [1.29, 1.82) is 0 Å². The highest BCUT2D eigenvalue weighted by atomic mass is 19.1. The zero-order chi connectivity index (χ0) is 26.3. The summed E-state index contributed by atoms with van der Waals surface area (Å²) in [5, 5.41) is 0. The Hall–Kier alpha value is -4.03. The molecule has 3 aromatic carbocycles. The van der Waals surface area contributed by atoms with E-state index in [4.69, 9.17) is 4.74 Å². The third-order valence-corrected chi connectivity index (χ3v) is 7.13. The van der Waals surface area contributed by atoms with E-state index in [1.807, 2.05) is 67.7 Å². The third-order valence-electron chi connectivity index (χ3n) is 7.13. The zero-order valence-electron chi connectivity index (χ0n) is 21.5. The first-order valence-electron chi connectivity index (χ1n) is 13.0. The van der Waals surface area contributed by atoms with Gasteiger partial charge in [-0.15, -0.1) is 0 Å². The molecule has 38 heavy (non-hydrogen) atoms. The highest BCUT2D eigenvalue weighted by Crippen LogP contribution is 2.30. The molecule has 1 saturated heterocycles. The van der Waals surface area contributed by atoms with E-state index in [2.05, 4.69) is 22.0 Å². The number of amides is 1. The third kappa shape index (κ3) is 6.26. The van der Waals surface area contributed by atoms with E-state index in [1.165, 1.54) is 17.7 Å². The predicted molar refractivity (Wildman–Crippen MR) is 146 cm³/mol. The van der Waals surface area contributed by atoms with Crippen LogP contribution in [0.15, 0.2) is 103 Å². The molecule has 0 aliphatic carbocycles. The van der Waals surface area contributed by atoms with Crippen molar-refractivity contribution >= 4 is 5.91 Å². The SMILES string of the molecule is CN(C(=O)C1CCN(Cc2ccc(Oc3ccccc3)cc2)CC1)C(c1ccc(F)cc1)c1ccccn1. The van der Waals surface area contributed by atoms with Gasteiger partial charge >= 0.3 is 0 Å². The van der Waals surface area contributed by atoms with E-state index in [9.17, 15) is 9.18 Å². The highest BCUT2D eigenvalue weighted by Gasteiger charge is 2.32. The van der Waals surface area contributed by atoms with Gasteiger partial charge in [-0.25, -0.2) is 4.39 Å². The van der Waals surface area contributed by atoms with Gasteiger partial charge in [0.2, 0.25) is 5.91 Å². The van der Waals surface area contributed by atoms with Crippen LogP contribution in [0.4, 0.5) is 4.39 Å². The molecule has 6 heteroatoms. The fraction of sp³-hybridized carbons (Fsp3) is 0.250. The largest absolute Gasteiger partial charge is 0.457 e. The summed E-state index contributed by atoms with van der Waals surface area (Å²) in [6.07, 6.45) is 3.33. The lowest BCUT2D eigenvalue weighted by molar-refractivity contribution is -0.137. The van der Waals surface area contributed by atoms with Gasteiger partial charge in [-0.2, -0.15) is 0 Å². The Morgan fingerprint density at radius 3 is 2.24 bits per heavy atom. The maximum Gasteiger partial charge on any atom is 0.226 e.